The molecule has 0 aromatic heterocycles. The lowest BCUT2D eigenvalue weighted by atomic mass is 10.0. The Kier molecular flexibility index (Phi) is 5.95. The zero-order valence-corrected chi connectivity index (χ0v) is 18.1. The molecule has 1 aliphatic rings. The van der Waals surface area contributed by atoms with Gasteiger partial charge in [0.2, 0.25) is 15.9 Å². The molecule has 7 nitrogen and oxygen atoms in total. The third-order valence-corrected chi connectivity index (χ3v) is 8.37. The Bertz CT molecular complexity index is 1100. The van der Waals surface area contributed by atoms with Crippen molar-refractivity contribution >= 4 is 41.7 Å². The molecule has 10 heteroatoms. The van der Waals surface area contributed by atoms with Crippen LogP contribution in [0, 0.1) is 0 Å². The summed E-state index contributed by atoms with van der Waals surface area (Å²) in [5.41, 5.74) is 0.519. The Morgan fingerprint density at radius 1 is 1.14 bits per heavy atom. The lowest BCUT2D eigenvalue weighted by molar-refractivity contribution is -0.123. The molecule has 1 heterocycles. The third-order valence-electron chi connectivity index (χ3n) is 4.47. The molecule has 0 saturated carbocycles. The van der Waals surface area contributed by atoms with Crippen molar-refractivity contribution in [2.24, 2.45) is 0 Å². The Hall–Kier alpha value is -1.75. The summed E-state index contributed by atoms with van der Waals surface area (Å²) < 4.78 is 52.4. The smallest absolute Gasteiger partial charge is 0.241 e. The zero-order chi connectivity index (χ0) is 20.5. The highest BCUT2D eigenvalue weighted by molar-refractivity contribution is 9.10. The van der Waals surface area contributed by atoms with Gasteiger partial charge in [-0.2, -0.15) is 4.72 Å². The topological polar surface area (TPSA) is 109 Å². The second kappa shape index (κ2) is 7.94. The Balaban J connectivity index is 1.74. The minimum Gasteiger partial charge on any atom is -0.348 e. The number of fused-ring (bicyclic) bond motifs is 1. The summed E-state index contributed by atoms with van der Waals surface area (Å²) >= 11 is 3.24. The molecule has 28 heavy (non-hydrogen) atoms. The largest absolute Gasteiger partial charge is 0.348 e. The molecular formula is C18H19BrN2O5S2. The molecular weight excluding hydrogens is 468 g/mol. The van der Waals surface area contributed by atoms with Crippen LogP contribution in [0.3, 0.4) is 0 Å². The Morgan fingerprint density at radius 2 is 1.79 bits per heavy atom. The summed E-state index contributed by atoms with van der Waals surface area (Å²) in [5.74, 6) is -0.603. The number of halogens is 1. The molecule has 0 saturated heterocycles. The number of carbonyl (C=O) groups is 1. The van der Waals surface area contributed by atoms with E-state index in [2.05, 4.69) is 26.0 Å². The molecule has 2 aromatic carbocycles. The van der Waals surface area contributed by atoms with E-state index in [-0.39, 0.29) is 22.0 Å². The van der Waals surface area contributed by atoms with E-state index in [0.29, 0.717) is 5.56 Å². The van der Waals surface area contributed by atoms with E-state index in [4.69, 9.17) is 0 Å². The molecule has 1 aliphatic heterocycles. The lowest BCUT2D eigenvalue weighted by Gasteiger charge is -2.27. The fourth-order valence-electron chi connectivity index (χ4n) is 3.00. The minimum absolute atomic E-state index is 0.0458. The molecule has 3 rings (SSSR count). The van der Waals surface area contributed by atoms with Crippen LogP contribution in [0.15, 0.2) is 62.8 Å². The molecule has 2 aromatic rings. The van der Waals surface area contributed by atoms with Gasteiger partial charge in [0.05, 0.1) is 27.6 Å². The first-order valence-electron chi connectivity index (χ1n) is 8.50. The third kappa shape index (κ3) is 4.45. The van der Waals surface area contributed by atoms with E-state index in [1.807, 2.05) is 0 Å². The standard InChI is InChI=1S/C18H19BrN2O5S2/c1-12(21-28(25,26)14-8-6-13(19)7-9-14)18(22)20-16-10-11-27(23,24)17-5-3-2-4-15(16)17/h2-9,12,16,21H,10-11H2,1H3,(H,20,22)/t12-,16+/m0/s1. The number of rotatable bonds is 5. The van der Waals surface area contributed by atoms with E-state index >= 15 is 0 Å². The second-order valence-electron chi connectivity index (χ2n) is 6.50. The maximum atomic E-state index is 12.6. The second-order valence-corrected chi connectivity index (χ2v) is 11.2. The van der Waals surface area contributed by atoms with Crippen LogP contribution in [0.1, 0.15) is 24.9 Å². The number of hydrogen-bond donors (Lipinski definition) is 2. The molecule has 0 spiro atoms. The lowest BCUT2D eigenvalue weighted by Crippen LogP contribution is -2.46. The SMILES string of the molecule is C[C@H](NS(=O)(=O)c1ccc(Br)cc1)C(=O)N[C@@H]1CCS(=O)(=O)c2ccccc21. The van der Waals surface area contributed by atoms with Crippen LogP contribution < -0.4 is 10.0 Å². The van der Waals surface area contributed by atoms with Crippen LogP contribution in [-0.2, 0) is 24.7 Å². The van der Waals surface area contributed by atoms with Gasteiger partial charge >= 0.3 is 0 Å². The average molecular weight is 487 g/mol. The first-order chi connectivity index (χ1) is 13.1. The molecule has 2 N–H and O–H groups in total. The molecule has 0 radical (unpaired) electrons. The number of hydrogen-bond acceptors (Lipinski definition) is 5. The molecule has 1 amide bonds. The average Bonchev–Trinajstić information content (AvgIpc) is 2.64. The number of sulfonamides is 1. The highest BCUT2D eigenvalue weighted by atomic mass is 79.9. The highest BCUT2D eigenvalue weighted by Crippen LogP contribution is 2.31. The molecule has 0 fully saturated rings. The van der Waals surface area contributed by atoms with Crippen LogP contribution >= 0.6 is 15.9 Å². The van der Waals surface area contributed by atoms with Crippen LogP contribution in [-0.4, -0.2) is 34.5 Å². The van der Waals surface area contributed by atoms with Crippen molar-refractivity contribution in [2.45, 2.75) is 35.2 Å². The summed E-state index contributed by atoms with van der Waals surface area (Å²) in [6.07, 6.45) is 0.233. The fourth-order valence-corrected chi connectivity index (χ4v) is 6.09. The summed E-state index contributed by atoms with van der Waals surface area (Å²) in [6, 6.07) is 11.0. The van der Waals surface area contributed by atoms with E-state index < -0.39 is 37.9 Å². The molecule has 2 atom stereocenters. The summed E-state index contributed by atoms with van der Waals surface area (Å²) in [4.78, 5) is 12.8. The van der Waals surface area contributed by atoms with Gasteiger partial charge in [-0.3, -0.25) is 4.79 Å². The van der Waals surface area contributed by atoms with Gasteiger partial charge in [0.15, 0.2) is 9.84 Å². The molecule has 150 valence electrons. The van der Waals surface area contributed by atoms with Crippen molar-refractivity contribution in [3.8, 4) is 0 Å². The molecule has 0 aliphatic carbocycles. The van der Waals surface area contributed by atoms with Gasteiger partial charge in [-0.15, -0.1) is 0 Å². The van der Waals surface area contributed by atoms with Gasteiger partial charge in [0.25, 0.3) is 0 Å². The maximum absolute atomic E-state index is 12.6. The van der Waals surface area contributed by atoms with E-state index in [1.165, 1.54) is 25.1 Å². The first-order valence-corrected chi connectivity index (χ1v) is 12.4. The Labute approximate surface area is 172 Å². The van der Waals surface area contributed by atoms with Crippen molar-refractivity contribution in [1.29, 1.82) is 0 Å². The maximum Gasteiger partial charge on any atom is 0.241 e. The predicted molar refractivity (Wildman–Crippen MR) is 108 cm³/mol. The van der Waals surface area contributed by atoms with E-state index in [1.54, 1.807) is 30.3 Å². The predicted octanol–water partition coefficient (Wildman–Crippen LogP) is 2.15. The molecule has 0 unspecified atom stereocenters. The van der Waals surface area contributed by atoms with Crippen LogP contribution in [0.4, 0.5) is 0 Å². The van der Waals surface area contributed by atoms with Gasteiger partial charge in [0, 0.05) is 4.47 Å². The van der Waals surface area contributed by atoms with Crippen LogP contribution in [0.25, 0.3) is 0 Å². The van der Waals surface area contributed by atoms with E-state index in [0.717, 1.165) is 4.47 Å². The van der Waals surface area contributed by atoms with Crippen molar-refractivity contribution < 1.29 is 21.6 Å². The van der Waals surface area contributed by atoms with Crippen molar-refractivity contribution in [1.82, 2.24) is 10.0 Å². The summed E-state index contributed by atoms with van der Waals surface area (Å²) in [7, 11) is -7.23. The van der Waals surface area contributed by atoms with Crippen molar-refractivity contribution in [2.75, 3.05) is 5.75 Å². The van der Waals surface area contributed by atoms with Gasteiger partial charge in [-0.1, -0.05) is 34.1 Å². The number of amides is 1. The Morgan fingerprint density at radius 3 is 2.46 bits per heavy atom. The van der Waals surface area contributed by atoms with Crippen LogP contribution in [0.5, 0.6) is 0 Å². The monoisotopic (exact) mass is 486 g/mol. The first kappa shape index (κ1) is 21.0. The van der Waals surface area contributed by atoms with Gasteiger partial charge in [-0.05, 0) is 49.2 Å². The molecule has 0 bridgehead atoms. The van der Waals surface area contributed by atoms with Gasteiger partial charge in [-0.25, -0.2) is 16.8 Å². The quantitative estimate of drug-likeness (QED) is 0.672. The highest BCUT2D eigenvalue weighted by Gasteiger charge is 2.32. The normalized spacial score (nSPS) is 19.4. The number of sulfone groups is 1. The summed E-state index contributed by atoms with van der Waals surface area (Å²) in [6.45, 7) is 1.44. The number of nitrogens with one attached hydrogen (secondary N) is 2. The van der Waals surface area contributed by atoms with Crippen molar-refractivity contribution in [3.63, 3.8) is 0 Å². The zero-order valence-electron chi connectivity index (χ0n) is 14.9. The summed E-state index contributed by atoms with van der Waals surface area (Å²) in [5, 5.41) is 2.76. The fraction of sp³-hybridized carbons (Fsp3) is 0.278. The van der Waals surface area contributed by atoms with Gasteiger partial charge < -0.3 is 5.32 Å². The minimum atomic E-state index is -3.87. The van der Waals surface area contributed by atoms with E-state index in [9.17, 15) is 21.6 Å². The van der Waals surface area contributed by atoms with Crippen molar-refractivity contribution in [3.05, 3.63) is 58.6 Å². The van der Waals surface area contributed by atoms with Crippen LogP contribution in [0.2, 0.25) is 0 Å². The van der Waals surface area contributed by atoms with Gasteiger partial charge in [0.1, 0.15) is 0 Å². The number of carbonyl (C=O) groups excluding carboxylic acids is 1. The number of benzene rings is 2.